The van der Waals surface area contributed by atoms with Gasteiger partial charge in [-0.25, -0.2) is 0 Å². The summed E-state index contributed by atoms with van der Waals surface area (Å²) in [5, 5.41) is 16.4. The van der Waals surface area contributed by atoms with Crippen LogP contribution in [0.4, 0.5) is 19.0 Å². The summed E-state index contributed by atoms with van der Waals surface area (Å²) in [4.78, 5) is 11.8. The number of rotatable bonds is 4. The first-order valence-corrected chi connectivity index (χ1v) is 10.6. The summed E-state index contributed by atoms with van der Waals surface area (Å²) in [5.41, 5.74) is 1.92. The van der Waals surface area contributed by atoms with E-state index in [0.29, 0.717) is 24.3 Å². The van der Waals surface area contributed by atoms with Crippen LogP contribution in [-0.2, 0) is 11.0 Å². The molecule has 3 aromatic rings. The molecule has 1 saturated heterocycles. The van der Waals surface area contributed by atoms with E-state index in [2.05, 4.69) is 20.8 Å². The number of nitrogens with zero attached hydrogens (tertiary/aromatic N) is 2. The third-order valence-corrected chi connectivity index (χ3v) is 6.21. The van der Waals surface area contributed by atoms with Gasteiger partial charge in [-0.1, -0.05) is 24.3 Å². The Morgan fingerprint density at radius 1 is 1.12 bits per heavy atom. The van der Waals surface area contributed by atoms with Crippen LogP contribution in [0.15, 0.2) is 36.4 Å². The van der Waals surface area contributed by atoms with E-state index in [1.54, 1.807) is 6.07 Å². The van der Waals surface area contributed by atoms with Crippen molar-refractivity contribution < 1.29 is 18.0 Å². The maximum Gasteiger partial charge on any atom is 0.416 e. The predicted molar refractivity (Wildman–Crippen MR) is 117 cm³/mol. The standard InChI is InChI=1S/C24H25F3N4O/c1-13-18(5-4-6-21(13)24(25,26)27)14(2)29-23-20-11-16(17-9-10-28-22(32)12-17)7-8-19(20)15(3)30-31-23/h4-8,11,14,17H,9-10,12H2,1-3H3,(H,28,32)(H,29,31)/t14-,17?/m1/s1. The maximum atomic E-state index is 13.3. The fraction of sp³-hybridized carbons (Fsp3) is 0.375. The van der Waals surface area contributed by atoms with Gasteiger partial charge in [0.05, 0.1) is 17.3 Å². The molecule has 1 aromatic heterocycles. The van der Waals surface area contributed by atoms with Gasteiger partial charge >= 0.3 is 6.18 Å². The van der Waals surface area contributed by atoms with E-state index < -0.39 is 17.8 Å². The molecule has 32 heavy (non-hydrogen) atoms. The summed E-state index contributed by atoms with van der Waals surface area (Å²) >= 11 is 0. The average molecular weight is 442 g/mol. The summed E-state index contributed by atoms with van der Waals surface area (Å²) in [6, 6.07) is 9.82. The molecule has 1 aliphatic rings. The molecular weight excluding hydrogens is 417 g/mol. The minimum Gasteiger partial charge on any atom is -0.362 e. The number of hydrogen-bond acceptors (Lipinski definition) is 4. The highest BCUT2D eigenvalue weighted by molar-refractivity contribution is 5.93. The molecule has 0 saturated carbocycles. The van der Waals surface area contributed by atoms with Crippen LogP contribution in [0.3, 0.4) is 0 Å². The number of halogens is 3. The molecule has 0 spiro atoms. The highest BCUT2D eigenvalue weighted by Crippen LogP contribution is 2.36. The van der Waals surface area contributed by atoms with Crippen molar-refractivity contribution in [1.29, 1.82) is 0 Å². The van der Waals surface area contributed by atoms with E-state index in [1.165, 1.54) is 13.0 Å². The Balaban J connectivity index is 1.71. The van der Waals surface area contributed by atoms with Crippen LogP contribution in [0.5, 0.6) is 0 Å². The van der Waals surface area contributed by atoms with Crippen molar-refractivity contribution in [3.63, 3.8) is 0 Å². The number of hydrogen-bond donors (Lipinski definition) is 2. The molecular formula is C24H25F3N4O. The van der Waals surface area contributed by atoms with E-state index in [0.717, 1.165) is 34.5 Å². The fourth-order valence-corrected chi connectivity index (χ4v) is 4.45. The summed E-state index contributed by atoms with van der Waals surface area (Å²) in [6.45, 7) is 5.81. The van der Waals surface area contributed by atoms with E-state index in [9.17, 15) is 18.0 Å². The second-order valence-electron chi connectivity index (χ2n) is 8.36. The molecule has 2 atom stereocenters. The Hall–Kier alpha value is -3.16. The largest absolute Gasteiger partial charge is 0.416 e. The Morgan fingerprint density at radius 3 is 2.62 bits per heavy atom. The van der Waals surface area contributed by atoms with Crippen LogP contribution >= 0.6 is 0 Å². The van der Waals surface area contributed by atoms with Crippen molar-refractivity contribution in [3.8, 4) is 0 Å². The molecule has 0 bridgehead atoms. The van der Waals surface area contributed by atoms with Gasteiger partial charge < -0.3 is 10.6 Å². The number of alkyl halides is 3. The zero-order valence-corrected chi connectivity index (χ0v) is 18.2. The van der Waals surface area contributed by atoms with Crippen LogP contribution in [0.1, 0.15) is 59.7 Å². The zero-order chi connectivity index (χ0) is 23.0. The third kappa shape index (κ3) is 4.26. The lowest BCUT2D eigenvalue weighted by Crippen LogP contribution is -2.32. The Bertz CT molecular complexity index is 1180. The SMILES string of the molecule is Cc1c([C@@H](C)Nc2nnc(C)c3ccc(C4CCNC(=O)C4)cc23)cccc1C(F)(F)F. The first-order valence-electron chi connectivity index (χ1n) is 10.6. The Kier molecular flexibility index (Phi) is 5.79. The van der Waals surface area contributed by atoms with Gasteiger partial charge in [0.2, 0.25) is 5.91 Å². The Labute approximate surface area is 184 Å². The van der Waals surface area contributed by atoms with Gasteiger partial charge in [0.15, 0.2) is 5.82 Å². The number of carbonyl (C=O) groups is 1. The van der Waals surface area contributed by atoms with Crippen molar-refractivity contribution in [1.82, 2.24) is 15.5 Å². The quantitative estimate of drug-likeness (QED) is 0.565. The smallest absolute Gasteiger partial charge is 0.362 e. The molecule has 5 nitrogen and oxygen atoms in total. The molecule has 4 rings (SSSR count). The molecule has 0 aliphatic carbocycles. The van der Waals surface area contributed by atoms with Gasteiger partial charge in [-0.2, -0.15) is 18.3 Å². The van der Waals surface area contributed by atoms with Gasteiger partial charge in [-0.3, -0.25) is 4.79 Å². The van der Waals surface area contributed by atoms with Crippen LogP contribution in [0, 0.1) is 13.8 Å². The van der Waals surface area contributed by atoms with E-state index in [-0.39, 0.29) is 17.4 Å². The van der Waals surface area contributed by atoms with Crippen LogP contribution < -0.4 is 10.6 Å². The highest BCUT2D eigenvalue weighted by atomic mass is 19.4. The second-order valence-corrected chi connectivity index (χ2v) is 8.36. The number of piperidine rings is 1. The van der Waals surface area contributed by atoms with E-state index in [4.69, 9.17) is 0 Å². The van der Waals surface area contributed by atoms with Crippen molar-refractivity contribution >= 4 is 22.5 Å². The number of anilines is 1. The molecule has 168 valence electrons. The minimum absolute atomic E-state index is 0.0392. The minimum atomic E-state index is -4.41. The maximum absolute atomic E-state index is 13.3. The normalized spacial score (nSPS) is 17.8. The number of nitrogens with one attached hydrogen (secondary N) is 2. The Morgan fingerprint density at radius 2 is 1.91 bits per heavy atom. The van der Waals surface area contributed by atoms with Crippen LogP contribution in [-0.4, -0.2) is 22.6 Å². The highest BCUT2D eigenvalue weighted by Gasteiger charge is 2.33. The molecule has 2 N–H and O–H groups in total. The van der Waals surface area contributed by atoms with Gasteiger partial charge in [-0.05, 0) is 61.9 Å². The van der Waals surface area contributed by atoms with Crippen LogP contribution in [0.25, 0.3) is 10.8 Å². The fourth-order valence-electron chi connectivity index (χ4n) is 4.45. The van der Waals surface area contributed by atoms with Gasteiger partial charge in [0.25, 0.3) is 0 Å². The number of aryl methyl sites for hydroxylation is 1. The van der Waals surface area contributed by atoms with Crippen molar-refractivity contribution in [2.75, 3.05) is 11.9 Å². The summed E-state index contributed by atoms with van der Waals surface area (Å²) in [7, 11) is 0. The monoisotopic (exact) mass is 442 g/mol. The number of fused-ring (bicyclic) bond motifs is 1. The molecule has 8 heteroatoms. The van der Waals surface area contributed by atoms with Gasteiger partial charge in [0.1, 0.15) is 0 Å². The molecule has 2 heterocycles. The van der Waals surface area contributed by atoms with E-state index in [1.807, 2.05) is 32.0 Å². The lowest BCUT2D eigenvalue weighted by molar-refractivity contribution is -0.138. The average Bonchev–Trinajstić information content (AvgIpc) is 2.74. The van der Waals surface area contributed by atoms with Crippen molar-refractivity contribution in [2.24, 2.45) is 0 Å². The molecule has 1 amide bonds. The lowest BCUT2D eigenvalue weighted by Gasteiger charge is -2.24. The van der Waals surface area contributed by atoms with Crippen molar-refractivity contribution in [3.05, 3.63) is 64.3 Å². The predicted octanol–water partition coefficient (Wildman–Crippen LogP) is 5.43. The van der Waals surface area contributed by atoms with E-state index >= 15 is 0 Å². The second kappa shape index (κ2) is 8.41. The van der Waals surface area contributed by atoms with Crippen LogP contribution in [0.2, 0.25) is 0 Å². The number of benzene rings is 2. The number of amides is 1. The molecule has 1 unspecified atom stereocenters. The van der Waals surface area contributed by atoms with Gasteiger partial charge in [0, 0.05) is 23.7 Å². The molecule has 1 aliphatic heterocycles. The summed E-state index contributed by atoms with van der Waals surface area (Å²) < 4.78 is 40.0. The molecule has 2 aromatic carbocycles. The third-order valence-electron chi connectivity index (χ3n) is 6.21. The topological polar surface area (TPSA) is 66.9 Å². The summed E-state index contributed by atoms with van der Waals surface area (Å²) in [5.74, 6) is 0.673. The zero-order valence-electron chi connectivity index (χ0n) is 18.2. The number of carbonyl (C=O) groups excluding carboxylic acids is 1. The molecule has 0 radical (unpaired) electrons. The first-order chi connectivity index (χ1) is 15.1. The summed E-state index contributed by atoms with van der Waals surface area (Å²) in [6.07, 6.45) is -3.11. The first kappa shape index (κ1) is 22.0. The van der Waals surface area contributed by atoms with Crippen molar-refractivity contribution in [2.45, 2.75) is 51.7 Å². The number of aromatic nitrogens is 2. The lowest BCUT2D eigenvalue weighted by atomic mass is 9.88. The van der Waals surface area contributed by atoms with Gasteiger partial charge in [-0.15, -0.1) is 5.10 Å². The molecule has 1 fully saturated rings.